The van der Waals surface area contributed by atoms with Crippen molar-refractivity contribution in [2.24, 2.45) is 10.7 Å². The number of nitrogens with zero attached hydrogens (tertiary/aromatic N) is 1. The van der Waals surface area contributed by atoms with E-state index >= 15 is 0 Å². The zero-order valence-corrected chi connectivity index (χ0v) is 15.7. The molecule has 0 fully saturated rings. The van der Waals surface area contributed by atoms with Gasteiger partial charge in [-0.1, -0.05) is 6.07 Å². The van der Waals surface area contributed by atoms with E-state index in [-0.39, 0.29) is 29.7 Å². The maximum absolute atomic E-state index is 13.8. The molecule has 148 valence electrons. The molecule has 2 rings (SSSR count). The highest BCUT2D eigenvalue weighted by molar-refractivity contribution is 6.09. The quantitative estimate of drug-likeness (QED) is 0.557. The highest BCUT2D eigenvalue weighted by Gasteiger charge is 2.14. The van der Waals surface area contributed by atoms with Crippen LogP contribution in [0.2, 0.25) is 0 Å². The van der Waals surface area contributed by atoms with Gasteiger partial charge in [0, 0.05) is 23.8 Å². The molecule has 1 amide bonds. The third kappa shape index (κ3) is 5.14. The second-order valence-corrected chi connectivity index (χ2v) is 6.22. The number of halogens is 1. The first-order valence-corrected chi connectivity index (χ1v) is 8.43. The molecule has 0 aliphatic carbocycles. The van der Waals surface area contributed by atoms with Crippen LogP contribution in [0.3, 0.4) is 0 Å². The van der Waals surface area contributed by atoms with E-state index in [1.54, 1.807) is 18.2 Å². The standard InChI is InChI=1S/C20H21FN2O5/c1-11(2)28-17-7-5-13(8-14(17)10-27-3)19(24)23-18(22)12-4-6-15(20(25)26)16(21)9-12/h4-9,11H,10H2,1-3H3,(H,25,26)(H2,22,23,24). The van der Waals surface area contributed by atoms with Crippen LogP contribution in [0.25, 0.3) is 0 Å². The van der Waals surface area contributed by atoms with Gasteiger partial charge in [0.2, 0.25) is 0 Å². The predicted octanol–water partition coefficient (Wildman–Crippen LogP) is 3.00. The molecule has 0 spiro atoms. The molecule has 0 heterocycles. The first-order chi connectivity index (χ1) is 13.2. The van der Waals surface area contributed by atoms with Crippen LogP contribution in [-0.4, -0.2) is 36.0 Å². The van der Waals surface area contributed by atoms with Gasteiger partial charge >= 0.3 is 5.97 Å². The zero-order valence-electron chi connectivity index (χ0n) is 15.7. The highest BCUT2D eigenvalue weighted by Crippen LogP contribution is 2.23. The van der Waals surface area contributed by atoms with Crippen molar-refractivity contribution in [3.8, 4) is 5.75 Å². The molecule has 8 heteroatoms. The van der Waals surface area contributed by atoms with Gasteiger partial charge in [-0.25, -0.2) is 9.18 Å². The summed E-state index contributed by atoms with van der Waals surface area (Å²) in [6.45, 7) is 4.01. The monoisotopic (exact) mass is 388 g/mol. The number of aliphatic imine (C=N–C) groups is 1. The van der Waals surface area contributed by atoms with Crippen LogP contribution in [0.5, 0.6) is 5.75 Å². The fourth-order valence-corrected chi connectivity index (χ4v) is 2.44. The maximum Gasteiger partial charge on any atom is 0.338 e. The van der Waals surface area contributed by atoms with Crippen molar-refractivity contribution >= 4 is 17.7 Å². The number of aromatic carboxylic acids is 1. The van der Waals surface area contributed by atoms with Crippen LogP contribution in [-0.2, 0) is 11.3 Å². The number of rotatable bonds is 7. The molecular formula is C20H21FN2O5. The minimum Gasteiger partial charge on any atom is -0.491 e. The Morgan fingerprint density at radius 2 is 1.86 bits per heavy atom. The van der Waals surface area contributed by atoms with Crippen LogP contribution in [0.1, 0.15) is 45.7 Å². The van der Waals surface area contributed by atoms with Crippen LogP contribution in [0.15, 0.2) is 41.4 Å². The summed E-state index contributed by atoms with van der Waals surface area (Å²) in [5, 5.41) is 8.86. The number of hydrogen-bond donors (Lipinski definition) is 2. The summed E-state index contributed by atoms with van der Waals surface area (Å²) < 4.78 is 24.6. The SMILES string of the molecule is COCc1cc(C(=O)N=C(N)c2ccc(C(=O)O)c(F)c2)ccc1OC(C)C. The number of amides is 1. The Morgan fingerprint density at radius 1 is 1.18 bits per heavy atom. The van der Waals surface area contributed by atoms with E-state index in [2.05, 4.69) is 4.99 Å². The smallest absolute Gasteiger partial charge is 0.338 e. The summed E-state index contributed by atoms with van der Waals surface area (Å²) >= 11 is 0. The summed E-state index contributed by atoms with van der Waals surface area (Å²) in [5.74, 6) is -2.62. The van der Waals surface area contributed by atoms with Crippen molar-refractivity contribution in [3.05, 3.63) is 64.5 Å². The number of carboxylic acids is 1. The number of nitrogens with two attached hydrogens (primary N) is 1. The molecule has 2 aromatic carbocycles. The van der Waals surface area contributed by atoms with Crippen molar-refractivity contribution in [1.29, 1.82) is 0 Å². The minimum atomic E-state index is -1.40. The van der Waals surface area contributed by atoms with Crippen molar-refractivity contribution in [3.63, 3.8) is 0 Å². The Bertz CT molecular complexity index is 925. The lowest BCUT2D eigenvalue weighted by molar-refractivity contribution is 0.0691. The number of methoxy groups -OCH3 is 1. The van der Waals surface area contributed by atoms with Crippen molar-refractivity contribution in [1.82, 2.24) is 0 Å². The Kier molecular flexibility index (Phi) is 6.84. The van der Waals surface area contributed by atoms with Crippen LogP contribution >= 0.6 is 0 Å². The van der Waals surface area contributed by atoms with E-state index in [0.29, 0.717) is 11.3 Å². The summed E-state index contributed by atoms with van der Waals surface area (Å²) in [5.41, 5.74) is 6.33. The van der Waals surface area contributed by atoms with E-state index in [1.165, 1.54) is 13.2 Å². The molecule has 3 N–H and O–H groups in total. The molecule has 0 atom stereocenters. The summed E-state index contributed by atoms with van der Waals surface area (Å²) in [7, 11) is 1.53. The number of hydrogen-bond acceptors (Lipinski definition) is 4. The molecule has 0 saturated carbocycles. The molecule has 28 heavy (non-hydrogen) atoms. The van der Waals surface area contributed by atoms with Crippen molar-refractivity contribution < 1.29 is 28.6 Å². The number of benzene rings is 2. The van der Waals surface area contributed by atoms with Gasteiger partial charge in [-0.3, -0.25) is 4.79 Å². The minimum absolute atomic E-state index is 0.0468. The van der Waals surface area contributed by atoms with Gasteiger partial charge in [-0.2, -0.15) is 4.99 Å². The lowest BCUT2D eigenvalue weighted by Gasteiger charge is -2.14. The van der Waals surface area contributed by atoms with Crippen LogP contribution in [0, 0.1) is 5.82 Å². The Morgan fingerprint density at radius 3 is 2.43 bits per heavy atom. The topological polar surface area (TPSA) is 111 Å². The number of carboxylic acid groups (broad SMARTS) is 1. The predicted molar refractivity (Wildman–Crippen MR) is 101 cm³/mol. The van der Waals surface area contributed by atoms with E-state index in [4.69, 9.17) is 20.3 Å². The lowest BCUT2D eigenvalue weighted by Crippen LogP contribution is -2.17. The Labute approximate surface area is 161 Å². The van der Waals surface area contributed by atoms with E-state index < -0.39 is 23.3 Å². The molecule has 0 bridgehead atoms. The van der Waals surface area contributed by atoms with Crippen molar-refractivity contribution in [2.75, 3.05) is 7.11 Å². The summed E-state index contributed by atoms with van der Waals surface area (Å²) in [6, 6.07) is 8.06. The number of ether oxygens (including phenoxy) is 2. The second-order valence-electron chi connectivity index (χ2n) is 6.22. The van der Waals surface area contributed by atoms with Gasteiger partial charge < -0.3 is 20.3 Å². The molecule has 0 saturated heterocycles. The fraction of sp³-hybridized carbons (Fsp3) is 0.250. The number of carbonyl (C=O) groups excluding carboxylic acids is 1. The van der Waals surface area contributed by atoms with Crippen LogP contribution < -0.4 is 10.5 Å². The Balaban J connectivity index is 2.31. The number of carbonyl (C=O) groups is 2. The molecule has 2 aromatic rings. The molecule has 0 aliphatic rings. The van der Waals surface area contributed by atoms with E-state index in [9.17, 15) is 14.0 Å². The molecule has 0 radical (unpaired) electrons. The van der Waals surface area contributed by atoms with Gasteiger partial charge in [-0.15, -0.1) is 0 Å². The van der Waals surface area contributed by atoms with Gasteiger partial charge in [0.25, 0.3) is 5.91 Å². The summed E-state index contributed by atoms with van der Waals surface area (Å²) in [4.78, 5) is 27.1. The van der Waals surface area contributed by atoms with Crippen molar-refractivity contribution in [2.45, 2.75) is 26.6 Å². The van der Waals surface area contributed by atoms with E-state index in [1.807, 2.05) is 13.8 Å². The average Bonchev–Trinajstić information content (AvgIpc) is 2.62. The molecule has 0 aromatic heterocycles. The largest absolute Gasteiger partial charge is 0.491 e. The zero-order chi connectivity index (χ0) is 20.8. The fourth-order valence-electron chi connectivity index (χ4n) is 2.44. The number of amidine groups is 1. The lowest BCUT2D eigenvalue weighted by atomic mass is 10.1. The average molecular weight is 388 g/mol. The highest BCUT2D eigenvalue weighted by atomic mass is 19.1. The molecular weight excluding hydrogens is 367 g/mol. The third-order valence-electron chi connectivity index (χ3n) is 3.69. The Hall–Kier alpha value is -3.26. The first kappa shape index (κ1) is 21.0. The van der Waals surface area contributed by atoms with Gasteiger partial charge in [0.15, 0.2) is 0 Å². The van der Waals surface area contributed by atoms with Crippen LogP contribution in [0.4, 0.5) is 4.39 Å². The maximum atomic E-state index is 13.8. The first-order valence-electron chi connectivity index (χ1n) is 8.43. The molecule has 7 nitrogen and oxygen atoms in total. The normalized spacial score (nSPS) is 11.5. The second kappa shape index (κ2) is 9.09. The van der Waals surface area contributed by atoms with E-state index in [0.717, 1.165) is 12.1 Å². The third-order valence-corrected chi connectivity index (χ3v) is 3.69. The van der Waals surface area contributed by atoms with Gasteiger partial charge in [-0.05, 0) is 44.2 Å². The summed E-state index contributed by atoms with van der Waals surface area (Å²) in [6.07, 6.45) is -0.0468. The van der Waals surface area contributed by atoms with Gasteiger partial charge in [0.1, 0.15) is 17.4 Å². The molecule has 0 aliphatic heterocycles. The van der Waals surface area contributed by atoms with Gasteiger partial charge in [0.05, 0.1) is 18.3 Å². The molecule has 0 unspecified atom stereocenters.